The number of aromatic amines is 1. The van der Waals surface area contributed by atoms with Crippen molar-refractivity contribution in [1.29, 1.82) is 0 Å². The lowest BCUT2D eigenvalue weighted by molar-refractivity contribution is -0.384. The van der Waals surface area contributed by atoms with Crippen molar-refractivity contribution >= 4 is 38.7 Å². The highest BCUT2D eigenvalue weighted by Crippen LogP contribution is 2.34. The zero-order valence-electron chi connectivity index (χ0n) is 18.4. The van der Waals surface area contributed by atoms with Gasteiger partial charge in [0.15, 0.2) is 11.5 Å². The van der Waals surface area contributed by atoms with Gasteiger partial charge in [0, 0.05) is 22.2 Å². The van der Waals surface area contributed by atoms with Crippen molar-refractivity contribution in [3.05, 3.63) is 107 Å². The second kappa shape index (κ2) is 10.3. The van der Waals surface area contributed by atoms with Crippen LogP contribution in [0.5, 0.6) is 11.5 Å². The molecule has 0 amide bonds. The van der Waals surface area contributed by atoms with Crippen LogP contribution in [0.2, 0.25) is 0 Å². The molecule has 0 aliphatic rings. The molecule has 35 heavy (non-hydrogen) atoms. The van der Waals surface area contributed by atoms with E-state index >= 15 is 0 Å². The van der Waals surface area contributed by atoms with Gasteiger partial charge in [0.2, 0.25) is 0 Å². The molecule has 3 aromatic carbocycles. The van der Waals surface area contributed by atoms with Crippen molar-refractivity contribution in [3.63, 3.8) is 0 Å². The van der Waals surface area contributed by atoms with Gasteiger partial charge in [0.05, 0.1) is 28.6 Å². The highest BCUT2D eigenvalue weighted by Gasteiger charge is 2.12. The number of ether oxygens (including phenoxy) is 2. The topological polar surface area (TPSA) is 129 Å². The number of nitro groups is 1. The van der Waals surface area contributed by atoms with Crippen molar-refractivity contribution in [3.8, 4) is 11.5 Å². The lowest BCUT2D eigenvalue weighted by Crippen LogP contribution is -2.32. The van der Waals surface area contributed by atoms with E-state index < -0.39 is 16.2 Å². The second-order valence-electron chi connectivity index (χ2n) is 7.30. The summed E-state index contributed by atoms with van der Waals surface area (Å²) in [6, 6.07) is 16.1. The average Bonchev–Trinajstić information content (AvgIpc) is 2.85. The number of rotatable bonds is 8. The van der Waals surface area contributed by atoms with E-state index in [9.17, 15) is 19.7 Å². The lowest BCUT2D eigenvalue weighted by Gasteiger charge is -2.14. The molecule has 178 valence electrons. The molecule has 0 saturated heterocycles. The predicted molar refractivity (Wildman–Crippen MR) is 135 cm³/mol. The van der Waals surface area contributed by atoms with Crippen molar-refractivity contribution in [2.45, 2.75) is 13.5 Å². The Morgan fingerprint density at radius 1 is 1.09 bits per heavy atom. The van der Waals surface area contributed by atoms with Crippen molar-refractivity contribution in [2.75, 3.05) is 6.61 Å². The number of benzene rings is 3. The number of aromatic nitrogens is 2. The van der Waals surface area contributed by atoms with Crippen molar-refractivity contribution in [2.24, 2.45) is 5.10 Å². The molecule has 0 atom stereocenters. The zero-order valence-corrected chi connectivity index (χ0v) is 20.0. The molecule has 0 fully saturated rings. The van der Waals surface area contributed by atoms with E-state index in [4.69, 9.17) is 9.47 Å². The molecule has 0 spiro atoms. The highest BCUT2D eigenvalue weighted by molar-refractivity contribution is 9.10. The number of nitro benzene ring substituents is 1. The van der Waals surface area contributed by atoms with Gasteiger partial charge in [-0.1, -0.05) is 12.1 Å². The van der Waals surface area contributed by atoms with Crippen molar-refractivity contribution < 1.29 is 14.4 Å². The summed E-state index contributed by atoms with van der Waals surface area (Å²) in [4.78, 5) is 38.0. The van der Waals surface area contributed by atoms with Gasteiger partial charge in [-0.15, -0.1) is 4.68 Å². The third kappa shape index (κ3) is 5.30. The van der Waals surface area contributed by atoms with E-state index in [2.05, 4.69) is 26.0 Å². The summed E-state index contributed by atoms with van der Waals surface area (Å²) in [7, 11) is 0. The van der Waals surface area contributed by atoms with Crippen LogP contribution in [-0.4, -0.2) is 27.4 Å². The Balaban J connectivity index is 1.61. The van der Waals surface area contributed by atoms with Crippen LogP contribution in [0.3, 0.4) is 0 Å². The van der Waals surface area contributed by atoms with Gasteiger partial charge in [-0.25, -0.2) is 4.79 Å². The van der Waals surface area contributed by atoms with Gasteiger partial charge in [0.25, 0.3) is 11.2 Å². The fourth-order valence-corrected chi connectivity index (χ4v) is 3.71. The first kappa shape index (κ1) is 23.9. The van der Waals surface area contributed by atoms with E-state index in [1.54, 1.807) is 48.5 Å². The Morgan fingerprint density at radius 3 is 2.51 bits per heavy atom. The average molecular weight is 539 g/mol. The summed E-state index contributed by atoms with van der Waals surface area (Å²) in [5.74, 6) is 0.869. The quantitative estimate of drug-likeness (QED) is 0.203. The third-order valence-electron chi connectivity index (χ3n) is 5.00. The van der Waals surface area contributed by atoms with Crippen LogP contribution >= 0.6 is 15.9 Å². The molecule has 1 aromatic heterocycles. The summed E-state index contributed by atoms with van der Waals surface area (Å²) >= 11 is 3.46. The van der Waals surface area contributed by atoms with E-state index in [0.29, 0.717) is 39.0 Å². The molecule has 1 N–H and O–H groups in total. The number of hydrogen-bond donors (Lipinski definition) is 1. The van der Waals surface area contributed by atoms with Gasteiger partial charge in [-0.3, -0.25) is 14.9 Å². The summed E-state index contributed by atoms with van der Waals surface area (Å²) in [6.45, 7) is 2.36. The number of para-hydroxylation sites is 1. The van der Waals surface area contributed by atoms with Gasteiger partial charge in [0.1, 0.15) is 6.61 Å². The van der Waals surface area contributed by atoms with Crippen molar-refractivity contribution in [1.82, 2.24) is 9.66 Å². The summed E-state index contributed by atoms with van der Waals surface area (Å²) in [5.41, 5.74) is 0.534. The highest BCUT2D eigenvalue weighted by atomic mass is 79.9. The van der Waals surface area contributed by atoms with Gasteiger partial charge in [-0.05, 0) is 64.8 Å². The first-order valence-corrected chi connectivity index (χ1v) is 11.3. The number of halogens is 1. The molecular weight excluding hydrogens is 520 g/mol. The summed E-state index contributed by atoms with van der Waals surface area (Å²) in [6.07, 6.45) is 1.37. The molecular formula is C24H19BrN4O6. The maximum absolute atomic E-state index is 12.7. The minimum atomic E-state index is -0.658. The monoisotopic (exact) mass is 538 g/mol. The SMILES string of the molecule is CCOc1cc(C=Nn2c(=O)[nH]c3ccccc3c2=O)c(Br)cc1OCc1ccc([N+](=O)[O-])cc1. The molecule has 0 saturated carbocycles. The molecule has 10 nitrogen and oxygen atoms in total. The van der Waals surface area contributed by atoms with E-state index in [-0.39, 0.29) is 12.3 Å². The first-order valence-electron chi connectivity index (χ1n) is 10.5. The van der Waals surface area contributed by atoms with Crippen LogP contribution in [0.1, 0.15) is 18.1 Å². The van der Waals surface area contributed by atoms with Crippen LogP contribution in [-0.2, 0) is 6.61 Å². The molecule has 4 rings (SSSR count). The minimum Gasteiger partial charge on any atom is -0.490 e. The van der Waals surface area contributed by atoms with Crippen LogP contribution in [0.15, 0.2) is 79.8 Å². The maximum Gasteiger partial charge on any atom is 0.349 e. The van der Waals surface area contributed by atoms with Gasteiger partial charge in [-0.2, -0.15) is 5.10 Å². The number of fused-ring (bicyclic) bond motifs is 1. The molecule has 4 aromatic rings. The first-order chi connectivity index (χ1) is 16.9. The fraction of sp³-hybridized carbons (Fsp3) is 0.125. The number of H-pyrrole nitrogens is 1. The largest absolute Gasteiger partial charge is 0.490 e. The van der Waals surface area contributed by atoms with E-state index in [1.165, 1.54) is 18.3 Å². The fourth-order valence-electron chi connectivity index (χ4n) is 3.28. The van der Waals surface area contributed by atoms with Gasteiger partial charge < -0.3 is 14.5 Å². The Hall–Kier alpha value is -4.25. The standard InChI is InChI=1S/C24H19BrN4O6/c1-2-34-21-11-16(13-26-28-23(30)18-5-3-4-6-20(18)27-24(28)31)19(25)12-22(21)35-14-15-7-9-17(10-8-15)29(32)33/h3-13H,2,14H2,1H3,(H,27,31). The Morgan fingerprint density at radius 2 is 1.80 bits per heavy atom. The Labute approximate surface area is 206 Å². The normalized spacial score (nSPS) is 11.1. The van der Waals surface area contributed by atoms with E-state index in [1.807, 2.05) is 6.92 Å². The number of nitrogens with zero attached hydrogens (tertiary/aromatic N) is 3. The summed E-state index contributed by atoms with van der Waals surface area (Å²) < 4.78 is 12.9. The minimum absolute atomic E-state index is 0.000466. The molecule has 0 unspecified atom stereocenters. The number of non-ortho nitro benzene ring substituents is 1. The van der Waals surface area contributed by atoms with E-state index in [0.717, 1.165) is 10.2 Å². The zero-order chi connectivity index (χ0) is 24.9. The third-order valence-corrected chi connectivity index (χ3v) is 5.69. The Kier molecular flexibility index (Phi) is 7.06. The van der Waals surface area contributed by atoms with Gasteiger partial charge >= 0.3 is 5.69 Å². The predicted octanol–water partition coefficient (Wildman–Crippen LogP) is 4.22. The molecule has 0 aliphatic carbocycles. The maximum atomic E-state index is 12.7. The molecule has 11 heteroatoms. The molecule has 0 bridgehead atoms. The molecule has 0 radical (unpaired) electrons. The Bertz CT molecular complexity index is 1540. The van der Waals surface area contributed by atoms with Crippen LogP contribution in [0, 0.1) is 10.1 Å². The second-order valence-corrected chi connectivity index (χ2v) is 8.16. The number of hydrogen-bond acceptors (Lipinski definition) is 7. The molecule has 0 aliphatic heterocycles. The smallest absolute Gasteiger partial charge is 0.349 e. The van der Waals surface area contributed by atoms with Crippen LogP contribution < -0.4 is 20.7 Å². The number of nitrogens with one attached hydrogen (secondary N) is 1. The molecule has 1 heterocycles. The van der Waals surface area contributed by atoms with Crippen LogP contribution in [0.25, 0.3) is 10.9 Å². The lowest BCUT2D eigenvalue weighted by atomic mass is 10.2. The summed E-state index contributed by atoms with van der Waals surface area (Å²) in [5, 5.41) is 15.2. The van der Waals surface area contributed by atoms with Crippen LogP contribution in [0.4, 0.5) is 5.69 Å².